The smallest absolute Gasteiger partial charge is 0.0409 e. The highest BCUT2D eigenvalue weighted by Crippen LogP contribution is 2.41. The zero-order valence-corrected chi connectivity index (χ0v) is 21.9. The quantitative estimate of drug-likeness (QED) is 0.304. The molecule has 0 amide bonds. The van der Waals surface area contributed by atoms with Gasteiger partial charge in [0.15, 0.2) is 0 Å². The molecule has 0 radical (unpaired) electrons. The van der Waals surface area contributed by atoms with Gasteiger partial charge in [0.1, 0.15) is 0 Å². The summed E-state index contributed by atoms with van der Waals surface area (Å²) in [6.07, 6.45) is 10.1. The standard InChI is InChI=1S/C34H40N2/c1-25-10-17-33(34(28-13-14-28)35-19-6-5-9-26-7-3-2-4-8-26)32(21-25)24-36-20-18-30-22-29(27-11-12-27)15-16-31(30)23-36/h2-4,7-8,10,15-17,21-22,27,35H,5-6,9,11-14,18-20,23-24H2,1H3. The molecule has 36 heavy (non-hydrogen) atoms. The zero-order valence-electron chi connectivity index (χ0n) is 21.9. The number of unbranched alkanes of at least 4 members (excludes halogenated alkanes) is 1. The number of hydrogen-bond donors (Lipinski definition) is 1. The average molecular weight is 477 g/mol. The highest BCUT2D eigenvalue weighted by atomic mass is 15.1. The van der Waals surface area contributed by atoms with Gasteiger partial charge in [-0.05, 0) is 97.6 Å². The van der Waals surface area contributed by atoms with E-state index in [2.05, 4.69) is 83.9 Å². The molecule has 2 fully saturated rings. The van der Waals surface area contributed by atoms with Crippen molar-refractivity contribution in [3.63, 3.8) is 0 Å². The third-order valence-corrected chi connectivity index (χ3v) is 8.18. The van der Waals surface area contributed by atoms with Gasteiger partial charge in [0, 0.05) is 37.4 Å². The molecule has 0 bridgehead atoms. The monoisotopic (exact) mass is 476 g/mol. The molecule has 6 rings (SSSR count). The predicted octanol–water partition coefficient (Wildman–Crippen LogP) is 7.55. The third kappa shape index (κ3) is 5.76. The van der Waals surface area contributed by atoms with E-state index in [0.29, 0.717) is 0 Å². The molecule has 186 valence electrons. The van der Waals surface area contributed by atoms with Crippen molar-refractivity contribution in [1.29, 1.82) is 0 Å². The zero-order chi connectivity index (χ0) is 24.3. The van der Waals surface area contributed by atoms with Gasteiger partial charge in [-0.15, -0.1) is 0 Å². The summed E-state index contributed by atoms with van der Waals surface area (Å²) in [6.45, 7) is 6.56. The molecule has 3 aromatic carbocycles. The van der Waals surface area contributed by atoms with E-state index in [1.807, 2.05) is 0 Å². The van der Waals surface area contributed by atoms with Crippen molar-refractivity contribution in [2.24, 2.45) is 0 Å². The molecular weight excluding hydrogens is 436 g/mol. The first-order chi connectivity index (χ1) is 17.7. The number of benzene rings is 3. The normalized spacial score (nSPS) is 17.1. The summed E-state index contributed by atoms with van der Waals surface area (Å²) < 4.78 is 0. The van der Waals surface area contributed by atoms with Gasteiger partial charge in [0.2, 0.25) is 0 Å². The van der Waals surface area contributed by atoms with Crippen LogP contribution in [-0.2, 0) is 25.9 Å². The maximum absolute atomic E-state index is 3.88. The Labute approximate surface area is 217 Å². The fourth-order valence-corrected chi connectivity index (χ4v) is 5.81. The van der Waals surface area contributed by atoms with Gasteiger partial charge in [0.25, 0.3) is 0 Å². The van der Waals surface area contributed by atoms with Crippen LogP contribution in [0.5, 0.6) is 0 Å². The van der Waals surface area contributed by atoms with E-state index in [0.717, 1.165) is 32.1 Å². The first-order valence-electron chi connectivity index (χ1n) is 14.2. The molecule has 0 saturated heterocycles. The summed E-state index contributed by atoms with van der Waals surface area (Å²) in [4.78, 5) is 2.66. The van der Waals surface area contributed by atoms with Crippen LogP contribution in [-0.4, -0.2) is 18.0 Å². The van der Waals surface area contributed by atoms with Gasteiger partial charge in [-0.25, -0.2) is 0 Å². The van der Waals surface area contributed by atoms with E-state index in [9.17, 15) is 0 Å². The second-order valence-corrected chi connectivity index (χ2v) is 11.3. The van der Waals surface area contributed by atoms with Crippen LogP contribution in [0.4, 0.5) is 0 Å². The van der Waals surface area contributed by atoms with Crippen molar-refractivity contribution in [3.05, 3.63) is 111 Å². The molecule has 1 N–H and O–H groups in total. The lowest BCUT2D eigenvalue weighted by atomic mass is 9.94. The van der Waals surface area contributed by atoms with Crippen LogP contribution in [0.25, 0.3) is 5.70 Å². The summed E-state index contributed by atoms with van der Waals surface area (Å²) in [7, 11) is 0. The fraction of sp³-hybridized carbons (Fsp3) is 0.412. The van der Waals surface area contributed by atoms with Gasteiger partial charge in [-0.3, -0.25) is 4.90 Å². The van der Waals surface area contributed by atoms with E-state index in [4.69, 9.17) is 0 Å². The summed E-state index contributed by atoms with van der Waals surface area (Å²) in [6, 6.07) is 25.3. The molecule has 2 heteroatoms. The number of aryl methyl sites for hydroxylation is 2. The number of fused-ring (bicyclic) bond motifs is 1. The SMILES string of the molecule is Cc1ccc(C(NCCCCc2ccccc2)=C2CC2)c(CN2CCc3cc(C4CC4)ccc3C2)c1. The van der Waals surface area contributed by atoms with Crippen molar-refractivity contribution in [3.8, 4) is 0 Å². The first kappa shape index (κ1) is 23.6. The van der Waals surface area contributed by atoms with Gasteiger partial charge >= 0.3 is 0 Å². The Morgan fingerprint density at radius 3 is 2.56 bits per heavy atom. The maximum atomic E-state index is 3.88. The Balaban J connectivity index is 1.11. The average Bonchev–Trinajstić information content (AvgIpc) is 3.81. The molecule has 2 aliphatic carbocycles. The predicted molar refractivity (Wildman–Crippen MR) is 151 cm³/mol. The van der Waals surface area contributed by atoms with E-state index in [-0.39, 0.29) is 0 Å². The fourth-order valence-electron chi connectivity index (χ4n) is 5.81. The van der Waals surface area contributed by atoms with E-state index < -0.39 is 0 Å². The molecule has 0 atom stereocenters. The number of nitrogens with one attached hydrogen (secondary N) is 1. The molecule has 1 aliphatic heterocycles. The molecule has 2 saturated carbocycles. The van der Waals surface area contributed by atoms with Crippen LogP contribution in [0, 0.1) is 6.92 Å². The van der Waals surface area contributed by atoms with Crippen LogP contribution < -0.4 is 5.32 Å². The lowest BCUT2D eigenvalue weighted by molar-refractivity contribution is 0.245. The summed E-state index contributed by atoms with van der Waals surface area (Å²) in [5, 5.41) is 3.88. The van der Waals surface area contributed by atoms with Crippen LogP contribution in [0.3, 0.4) is 0 Å². The van der Waals surface area contributed by atoms with E-state index in [1.165, 1.54) is 84.9 Å². The Morgan fingerprint density at radius 2 is 1.75 bits per heavy atom. The van der Waals surface area contributed by atoms with Gasteiger partial charge in [0.05, 0.1) is 0 Å². The molecule has 2 nitrogen and oxygen atoms in total. The summed E-state index contributed by atoms with van der Waals surface area (Å²) >= 11 is 0. The highest BCUT2D eigenvalue weighted by Gasteiger charge is 2.26. The van der Waals surface area contributed by atoms with Crippen LogP contribution in [0.1, 0.15) is 83.4 Å². The molecular formula is C34H40N2. The van der Waals surface area contributed by atoms with Crippen molar-refractivity contribution in [2.75, 3.05) is 13.1 Å². The van der Waals surface area contributed by atoms with Crippen molar-refractivity contribution in [1.82, 2.24) is 10.2 Å². The Kier molecular flexibility index (Phi) is 6.96. The van der Waals surface area contributed by atoms with Crippen LogP contribution in [0.2, 0.25) is 0 Å². The van der Waals surface area contributed by atoms with E-state index in [1.54, 1.807) is 16.7 Å². The lowest BCUT2D eigenvalue weighted by Gasteiger charge is -2.30. The summed E-state index contributed by atoms with van der Waals surface area (Å²) in [5.74, 6) is 0.850. The molecule has 0 spiro atoms. The maximum Gasteiger partial charge on any atom is 0.0409 e. The molecule has 1 heterocycles. The minimum absolute atomic E-state index is 0.850. The van der Waals surface area contributed by atoms with Gasteiger partial charge in [-0.2, -0.15) is 0 Å². The minimum atomic E-state index is 0.850. The third-order valence-electron chi connectivity index (χ3n) is 8.18. The van der Waals surface area contributed by atoms with Crippen molar-refractivity contribution < 1.29 is 0 Å². The van der Waals surface area contributed by atoms with E-state index >= 15 is 0 Å². The molecule has 0 unspecified atom stereocenters. The number of allylic oxidation sites excluding steroid dienone is 1. The molecule has 3 aromatic rings. The largest absolute Gasteiger partial charge is 0.385 e. The van der Waals surface area contributed by atoms with Gasteiger partial charge in [-0.1, -0.05) is 72.3 Å². The lowest BCUT2D eigenvalue weighted by Crippen LogP contribution is -2.30. The van der Waals surface area contributed by atoms with Gasteiger partial charge < -0.3 is 5.32 Å². The first-order valence-corrected chi connectivity index (χ1v) is 14.2. The van der Waals surface area contributed by atoms with Crippen LogP contribution in [0.15, 0.2) is 72.3 Å². The number of rotatable bonds is 10. The molecule has 0 aromatic heterocycles. The molecule has 3 aliphatic rings. The minimum Gasteiger partial charge on any atom is -0.385 e. The highest BCUT2D eigenvalue weighted by molar-refractivity contribution is 5.72. The van der Waals surface area contributed by atoms with Crippen LogP contribution >= 0.6 is 0 Å². The summed E-state index contributed by atoms with van der Waals surface area (Å²) in [5.41, 5.74) is 13.5. The Bertz CT molecular complexity index is 1230. The topological polar surface area (TPSA) is 15.3 Å². The number of nitrogens with zero attached hydrogens (tertiary/aromatic N) is 1. The second kappa shape index (κ2) is 10.6. The number of hydrogen-bond acceptors (Lipinski definition) is 2. The van der Waals surface area contributed by atoms with Crippen molar-refractivity contribution >= 4 is 5.70 Å². The Hall–Kier alpha value is -2.84. The Morgan fingerprint density at radius 1 is 0.889 bits per heavy atom. The van der Waals surface area contributed by atoms with Crippen molar-refractivity contribution in [2.45, 2.75) is 77.3 Å². The second-order valence-electron chi connectivity index (χ2n) is 11.3.